The molecule has 0 radical (unpaired) electrons. The van der Waals surface area contributed by atoms with Gasteiger partial charge in [-0.1, -0.05) is 6.07 Å². The summed E-state index contributed by atoms with van der Waals surface area (Å²) in [6, 6.07) is 3.44. The van der Waals surface area contributed by atoms with Crippen LogP contribution in [0.5, 0.6) is 0 Å². The molecule has 0 unspecified atom stereocenters. The van der Waals surface area contributed by atoms with Gasteiger partial charge in [-0.2, -0.15) is 0 Å². The highest BCUT2D eigenvalue weighted by Gasteiger charge is 2.10. The first-order valence-corrected chi connectivity index (χ1v) is 4.96. The summed E-state index contributed by atoms with van der Waals surface area (Å²) in [4.78, 5) is 21.5. The fourth-order valence-electron chi connectivity index (χ4n) is 1.21. The average molecular weight is 243 g/mol. The van der Waals surface area contributed by atoms with E-state index in [2.05, 4.69) is 5.32 Å². The third kappa shape index (κ3) is 4.18. The zero-order chi connectivity index (χ0) is 12.8. The molecule has 0 spiro atoms. The molecule has 1 rings (SSSR count). The van der Waals surface area contributed by atoms with Crippen LogP contribution in [0.1, 0.15) is 19.3 Å². The summed E-state index contributed by atoms with van der Waals surface area (Å²) in [7, 11) is 0. The average Bonchev–Trinajstić information content (AvgIpc) is 2.24. The number of carboxylic acids is 1. The van der Waals surface area contributed by atoms with E-state index in [4.69, 9.17) is 5.11 Å². The molecule has 92 valence electrons. The third-order valence-corrected chi connectivity index (χ3v) is 2.02. The Hall–Kier alpha value is -1.98. The van der Waals surface area contributed by atoms with Crippen LogP contribution in [0.3, 0.4) is 0 Å². The molecule has 0 saturated carbocycles. The van der Waals surface area contributed by atoms with Crippen molar-refractivity contribution in [3.63, 3.8) is 0 Å². The van der Waals surface area contributed by atoms with Crippen LogP contribution < -0.4 is 5.32 Å². The minimum atomic E-state index is -1.13. The number of nitrogens with one attached hydrogen (secondary N) is 1. The van der Waals surface area contributed by atoms with Crippen molar-refractivity contribution in [2.45, 2.75) is 19.3 Å². The van der Waals surface area contributed by atoms with Crippen LogP contribution in [0.4, 0.5) is 14.5 Å². The molecule has 0 aliphatic rings. The zero-order valence-corrected chi connectivity index (χ0v) is 8.87. The van der Waals surface area contributed by atoms with E-state index >= 15 is 0 Å². The van der Waals surface area contributed by atoms with E-state index in [0.717, 1.165) is 6.07 Å². The van der Waals surface area contributed by atoms with Gasteiger partial charge in [0.15, 0.2) is 11.6 Å². The molecule has 0 bridgehead atoms. The molecule has 0 fully saturated rings. The lowest BCUT2D eigenvalue weighted by Crippen LogP contribution is -2.13. The minimum Gasteiger partial charge on any atom is -0.481 e. The number of carbonyl (C=O) groups is 2. The minimum absolute atomic E-state index is 0.0533. The molecule has 2 N–H and O–H groups in total. The molecule has 0 atom stereocenters. The number of amides is 1. The molecule has 17 heavy (non-hydrogen) atoms. The first kappa shape index (κ1) is 13.1. The molecule has 1 aromatic carbocycles. The van der Waals surface area contributed by atoms with Gasteiger partial charge in [0, 0.05) is 12.8 Å². The summed E-state index contributed by atoms with van der Waals surface area (Å²) >= 11 is 0. The second-order valence-electron chi connectivity index (χ2n) is 3.40. The molecule has 4 nitrogen and oxygen atoms in total. The fourth-order valence-corrected chi connectivity index (χ4v) is 1.21. The fraction of sp³-hybridized carbons (Fsp3) is 0.273. The van der Waals surface area contributed by atoms with Gasteiger partial charge in [0.05, 0.1) is 5.69 Å². The second-order valence-corrected chi connectivity index (χ2v) is 3.40. The maximum absolute atomic E-state index is 13.1. The Morgan fingerprint density at radius 3 is 2.59 bits per heavy atom. The van der Waals surface area contributed by atoms with E-state index < -0.39 is 23.5 Å². The molecule has 0 aliphatic carbocycles. The van der Waals surface area contributed by atoms with Gasteiger partial charge in [0.25, 0.3) is 0 Å². The van der Waals surface area contributed by atoms with E-state index in [1.165, 1.54) is 12.1 Å². The van der Waals surface area contributed by atoms with Crippen LogP contribution in [0.2, 0.25) is 0 Å². The highest BCUT2D eigenvalue weighted by molar-refractivity contribution is 5.90. The summed E-state index contributed by atoms with van der Waals surface area (Å²) in [6.07, 6.45) is -0.0423. The SMILES string of the molecule is O=C(O)CCCC(=O)Nc1cccc(F)c1F. The Morgan fingerprint density at radius 2 is 1.94 bits per heavy atom. The van der Waals surface area contributed by atoms with Gasteiger partial charge in [0.2, 0.25) is 5.91 Å². The Balaban J connectivity index is 2.51. The van der Waals surface area contributed by atoms with Crippen LogP contribution >= 0.6 is 0 Å². The number of rotatable bonds is 5. The molecule has 0 heterocycles. The van der Waals surface area contributed by atoms with E-state index in [1.54, 1.807) is 0 Å². The third-order valence-electron chi connectivity index (χ3n) is 2.02. The molecule has 6 heteroatoms. The van der Waals surface area contributed by atoms with E-state index in [0.29, 0.717) is 0 Å². The van der Waals surface area contributed by atoms with Gasteiger partial charge in [-0.15, -0.1) is 0 Å². The number of carboxylic acid groups (broad SMARTS) is 1. The van der Waals surface area contributed by atoms with Crippen LogP contribution in [-0.4, -0.2) is 17.0 Å². The Bertz CT molecular complexity index is 435. The van der Waals surface area contributed by atoms with E-state index in [-0.39, 0.29) is 24.9 Å². The Kier molecular flexibility index (Phi) is 4.56. The number of halogens is 2. The predicted molar refractivity (Wildman–Crippen MR) is 56.5 cm³/mol. The molecule has 1 aromatic rings. The van der Waals surface area contributed by atoms with Gasteiger partial charge in [-0.3, -0.25) is 9.59 Å². The summed E-state index contributed by atoms with van der Waals surface area (Å²) in [5.74, 6) is -3.72. The first-order chi connectivity index (χ1) is 8.00. The van der Waals surface area contributed by atoms with Crippen LogP contribution in [0.25, 0.3) is 0 Å². The normalized spacial score (nSPS) is 10.0. The number of hydrogen-bond donors (Lipinski definition) is 2. The van der Waals surface area contributed by atoms with Gasteiger partial charge in [-0.25, -0.2) is 8.78 Å². The highest BCUT2D eigenvalue weighted by Crippen LogP contribution is 2.16. The van der Waals surface area contributed by atoms with E-state index in [9.17, 15) is 18.4 Å². The largest absolute Gasteiger partial charge is 0.481 e. The quantitative estimate of drug-likeness (QED) is 0.832. The van der Waals surface area contributed by atoms with Crippen molar-refractivity contribution in [1.29, 1.82) is 0 Å². The van der Waals surface area contributed by atoms with Crippen molar-refractivity contribution < 1.29 is 23.5 Å². The lowest BCUT2D eigenvalue weighted by molar-refractivity contribution is -0.137. The number of hydrogen-bond acceptors (Lipinski definition) is 2. The van der Waals surface area contributed by atoms with Gasteiger partial charge >= 0.3 is 5.97 Å². The van der Waals surface area contributed by atoms with Gasteiger partial charge in [0.1, 0.15) is 0 Å². The predicted octanol–water partition coefficient (Wildman–Crippen LogP) is 2.16. The van der Waals surface area contributed by atoms with Crippen molar-refractivity contribution in [2.24, 2.45) is 0 Å². The maximum Gasteiger partial charge on any atom is 0.303 e. The molecular formula is C11H11F2NO3. The van der Waals surface area contributed by atoms with Gasteiger partial charge < -0.3 is 10.4 Å². The van der Waals surface area contributed by atoms with Crippen molar-refractivity contribution in [3.05, 3.63) is 29.8 Å². The monoisotopic (exact) mass is 243 g/mol. The number of aliphatic carboxylic acids is 1. The van der Waals surface area contributed by atoms with Crippen molar-refractivity contribution in [1.82, 2.24) is 0 Å². The number of anilines is 1. The standard InChI is InChI=1S/C11H11F2NO3/c12-7-3-1-4-8(11(7)13)14-9(15)5-2-6-10(16)17/h1,3-4H,2,5-6H2,(H,14,15)(H,16,17). The zero-order valence-electron chi connectivity index (χ0n) is 8.87. The molecule has 0 saturated heterocycles. The molecule has 0 aliphatic heterocycles. The number of benzene rings is 1. The second kappa shape index (κ2) is 5.93. The highest BCUT2D eigenvalue weighted by atomic mass is 19.2. The smallest absolute Gasteiger partial charge is 0.303 e. The summed E-state index contributed by atoms with van der Waals surface area (Å²) in [5, 5.41) is 10.5. The lowest BCUT2D eigenvalue weighted by Gasteiger charge is -2.05. The van der Waals surface area contributed by atoms with Crippen LogP contribution in [0, 0.1) is 11.6 Å². The maximum atomic E-state index is 13.1. The van der Waals surface area contributed by atoms with Crippen LogP contribution in [0.15, 0.2) is 18.2 Å². The van der Waals surface area contributed by atoms with Crippen molar-refractivity contribution in [3.8, 4) is 0 Å². The summed E-state index contributed by atoms with van der Waals surface area (Å²) < 4.78 is 25.9. The molecular weight excluding hydrogens is 232 g/mol. The molecule has 0 aromatic heterocycles. The van der Waals surface area contributed by atoms with Gasteiger partial charge in [-0.05, 0) is 18.6 Å². The Morgan fingerprint density at radius 1 is 1.24 bits per heavy atom. The van der Waals surface area contributed by atoms with Crippen LogP contribution in [-0.2, 0) is 9.59 Å². The first-order valence-electron chi connectivity index (χ1n) is 4.96. The Labute approximate surface area is 96.3 Å². The van der Waals surface area contributed by atoms with E-state index in [1.807, 2.05) is 0 Å². The lowest BCUT2D eigenvalue weighted by atomic mass is 10.2. The summed E-state index contributed by atoms with van der Waals surface area (Å²) in [5.41, 5.74) is -0.245. The van der Waals surface area contributed by atoms with Crippen molar-refractivity contribution in [2.75, 3.05) is 5.32 Å². The summed E-state index contributed by atoms with van der Waals surface area (Å²) in [6.45, 7) is 0. The number of carbonyl (C=O) groups excluding carboxylic acids is 1. The topological polar surface area (TPSA) is 66.4 Å². The molecule has 1 amide bonds. The van der Waals surface area contributed by atoms with Crippen molar-refractivity contribution >= 4 is 17.6 Å².